The number of amides is 1. The van der Waals surface area contributed by atoms with Crippen molar-refractivity contribution < 1.29 is 14.7 Å². The highest BCUT2D eigenvalue weighted by Crippen LogP contribution is 2.58. The fourth-order valence-electron chi connectivity index (χ4n) is 2.55. The van der Waals surface area contributed by atoms with Crippen molar-refractivity contribution in [2.45, 2.75) is 27.3 Å². The number of nitrogens with one attached hydrogen (secondary N) is 1. The summed E-state index contributed by atoms with van der Waals surface area (Å²) in [5.74, 6) is -0.929. The largest absolute Gasteiger partial charge is 0.481 e. The average Bonchev–Trinajstić information content (AvgIpc) is 2.63. The Morgan fingerprint density at radius 2 is 2.05 bits per heavy atom. The third kappa shape index (κ3) is 2.32. The van der Waals surface area contributed by atoms with E-state index in [1.807, 2.05) is 0 Å². The van der Waals surface area contributed by atoms with Crippen LogP contribution in [-0.2, 0) is 16.1 Å². The highest BCUT2D eigenvalue weighted by Gasteiger charge is 2.66. The molecule has 0 radical (unpaired) electrons. The normalized spacial score (nSPS) is 24.0. The summed E-state index contributed by atoms with van der Waals surface area (Å²) in [7, 11) is 1.64. The van der Waals surface area contributed by atoms with Gasteiger partial charge in [0.25, 0.3) is 0 Å². The van der Waals surface area contributed by atoms with Gasteiger partial charge in [0, 0.05) is 7.05 Å². The molecule has 2 atom stereocenters. The van der Waals surface area contributed by atoms with Gasteiger partial charge in [0.1, 0.15) is 5.82 Å². The van der Waals surface area contributed by atoms with Crippen molar-refractivity contribution in [3.8, 4) is 0 Å². The molecule has 0 spiro atoms. The summed E-state index contributed by atoms with van der Waals surface area (Å²) in [6, 6.07) is 0. The van der Waals surface area contributed by atoms with E-state index in [-0.39, 0.29) is 12.5 Å². The second-order valence-electron chi connectivity index (χ2n) is 5.65. The molecule has 1 fully saturated rings. The molecule has 104 valence electrons. The van der Waals surface area contributed by atoms with E-state index in [1.54, 1.807) is 27.8 Å². The van der Waals surface area contributed by atoms with Crippen molar-refractivity contribution in [3.05, 3.63) is 11.6 Å². The van der Waals surface area contributed by atoms with Crippen LogP contribution in [0.25, 0.3) is 0 Å². The number of aromatic nitrogens is 3. The van der Waals surface area contributed by atoms with Crippen molar-refractivity contribution in [1.82, 2.24) is 20.1 Å². The van der Waals surface area contributed by atoms with Crippen LogP contribution in [0.1, 0.15) is 25.5 Å². The van der Waals surface area contributed by atoms with Crippen LogP contribution in [0.4, 0.5) is 0 Å². The summed E-state index contributed by atoms with van der Waals surface area (Å²) in [5.41, 5.74) is -0.480. The second kappa shape index (κ2) is 4.32. The first kappa shape index (κ1) is 13.5. The number of aromatic amines is 1. The molecule has 1 aliphatic carbocycles. The maximum Gasteiger partial charge on any atom is 0.307 e. The molecule has 19 heavy (non-hydrogen) atoms. The predicted molar refractivity (Wildman–Crippen MR) is 66.0 cm³/mol. The Bertz CT molecular complexity index is 523. The maximum absolute atomic E-state index is 12.2. The number of carboxylic acid groups (broad SMARTS) is 1. The van der Waals surface area contributed by atoms with Gasteiger partial charge >= 0.3 is 5.97 Å². The summed E-state index contributed by atoms with van der Waals surface area (Å²) in [5, 5.41) is 15.8. The lowest BCUT2D eigenvalue weighted by atomic mass is 10.1. The van der Waals surface area contributed by atoms with Gasteiger partial charge < -0.3 is 10.0 Å². The van der Waals surface area contributed by atoms with Crippen LogP contribution in [0.2, 0.25) is 0 Å². The zero-order valence-corrected chi connectivity index (χ0v) is 11.5. The second-order valence-corrected chi connectivity index (χ2v) is 5.65. The van der Waals surface area contributed by atoms with Crippen LogP contribution in [0.15, 0.2) is 0 Å². The van der Waals surface area contributed by atoms with E-state index in [4.69, 9.17) is 5.11 Å². The maximum atomic E-state index is 12.2. The fraction of sp³-hybridized carbons (Fsp3) is 0.667. The van der Waals surface area contributed by atoms with Crippen molar-refractivity contribution in [1.29, 1.82) is 0 Å². The first-order chi connectivity index (χ1) is 8.75. The van der Waals surface area contributed by atoms with Crippen LogP contribution < -0.4 is 0 Å². The molecule has 1 aliphatic rings. The molecule has 2 rings (SSSR count). The fourth-order valence-corrected chi connectivity index (χ4v) is 2.55. The molecular formula is C12H18N4O3. The number of carbonyl (C=O) groups excluding carboxylic acids is 1. The smallest absolute Gasteiger partial charge is 0.307 e. The van der Waals surface area contributed by atoms with E-state index in [1.165, 1.54) is 4.90 Å². The highest BCUT2D eigenvalue weighted by molar-refractivity contribution is 5.91. The number of carboxylic acids is 1. The Hall–Kier alpha value is -1.92. The van der Waals surface area contributed by atoms with E-state index in [0.29, 0.717) is 11.6 Å². The summed E-state index contributed by atoms with van der Waals surface area (Å²) in [4.78, 5) is 28.9. The lowest BCUT2D eigenvalue weighted by Gasteiger charge is -2.15. The molecule has 2 N–H and O–H groups in total. The lowest BCUT2D eigenvalue weighted by molar-refractivity contribution is -0.141. The Morgan fingerprint density at radius 3 is 2.47 bits per heavy atom. The SMILES string of the molecule is Cc1nc(CN(C)C(=O)[C@H]2[C@@H](C(=O)O)C2(C)C)n[nH]1. The number of rotatable bonds is 4. The molecular weight excluding hydrogens is 248 g/mol. The Balaban J connectivity index is 2.03. The van der Waals surface area contributed by atoms with Gasteiger partial charge in [-0.15, -0.1) is 0 Å². The van der Waals surface area contributed by atoms with E-state index in [9.17, 15) is 9.59 Å². The van der Waals surface area contributed by atoms with Crippen molar-refractivity contribution in [2.24, 2.45) is 17.3 Å². The molecule has 0 saturated heterocycles. The highest BCUT2D eigenvalue weighted by atomic mass is 16.4. The average molecular weight is 266 g/mol. The summed E-state index contributed by atoms with van der Waals surface area (Å²) in [6.45, 7) is 5.67. The number of hydrogen-bond acceptors (Lipinski definition) is 4. The number of carbonyl (C=O) groups is 2. The van der Waals surface area contributed by atoms with Gasteiger partial charge in [-0.2, -0.15) is 5.10 Å². The summed E-state index contributed by atoms with van der Waals surface area (Å²) in [6.07, 6.45) is 0. The monoisotopic (exact) mass is 266 g/mol. The molecule has 1 saturated carbocycles. The third-order valence-corrected chi connectivity index (χ3v) is 3.76. The Labute approximate surface area is 111 Å². The zero-order valence-electron chi connectivity index (χ0n) is 11.5. The van der Waals surface area contributed by atoms with Crippen LogP contribution in [0.3, 0.4) is 0 Å². The van der Waals surface area contributed by atoms with Crippen LogP contribution >= 0.6 is 0 Å². The van der Waals surface area contributed by atoms with Gasteiger partial charge in [-0.05, 0) is 12.3 Å². The van der Waals surface area contributed by atoms with Crippen LogP contribution in [0.5, 0.6) is 0 Å². The molecule has 1 aromatic rings. The van der Waals surface area contributed by atoms with Crippen LogP contribution in [-0.4, -0.2) is 44.1 Å². The molecule has 7 heteroatoms. The predicted octanol–water partition coefficient (Wildman–Crippen LogP) is 0.428. The third-order valence-electron chi connectivity index (χ3n) is 3.76. The topological polar surface area (TPSA) is 99.2 Å². The van der Waals surface area contributed by atoms with Gasteiger partial charge in [-0.25, -0.2) is 4.98 Å². The Morgan fingerprint density at radius 1 is 1.42 bits per heavy atom. The zero-order chi connectivity index (χ0) is 14.4. The molecule has 0 bridgehead atoms. The van der Waals surface area contributed by atoms with Gasteiger partial charge in [-0.1, -0.05) is 13.8 Å². The van der Waals surface area contributed by atoms with Crippen molar-refractivity contribution in [3.63, 3.8) is 0 Å². The van der Waals surface area contributed by atoms with Gasteiger partial charge in [-0.3, -0.25) is 14.7 Å². The minimum absolute atomic E-state index is 0.167. The first-order valence-electron chi connectivity index (χ1n) is 6.10. The van der Waals surface area contributed by atoms with Gasteiger partial charge in [0.2, 0.25) is 5.91 Å². The van der Waals surface area contributed by atoms with Crippen molar-refractivity contribution >= 4 is 11.9 Å². The van der Waals surface area contributed by atoms with Crippen LogP contribution in [0, 0.1) is 24.2 Å². The summed E-state index contributed by atoms with van der Waals surface area (Å²) >= 11 is 0. The minimum atomic E-state index is -0.912. The standard InChI is InChI=1S/C12H18N4O3/c1-6-13-7(15-14-6)5-16(4)10(17)8-9(11(18)19)12(8,2)3/h8-9H,5H2,1-4H3,(H,18,19)(H,13,14,15)/t8-,9+/m1/s1. The molecule has 7 nitrogen and oxygen atoms in total. The molecule has 0 unspecified atom stereocenters. The summed E-state index contributed by atoms with van der Waals surface area (Å²) < 4.78 is 0. The van der Waals surface area contributed by atoms with Gasteiger partial charge in [0.05, 0.1) is 18.4 Å². The molecule has 1 amide bonds. The van der Waals surface area contributed by atoms with E-state index in [0.717, 1.165) is 0 Å². The number of aryl methyl sites for hydroxylation is 1. The molecule has 1 heterocycles. The molecule has 1 aromatic heterocycles. The quantitative estimate of drug-likeness (QED) is 0.823. The number of H-pyrrole nitrogens is 1. The van der Waals surface area contributed by atoms with E-state index >= 15 is 0 Å². The Kier molecular flexibility index (Phi) is 3.07. The lowest BCUT2D eigenvalue weighted by Crippen LogP contribution is -2.30. The minimum Gasteiger partial charge on any atom is -0.481 e. The molecule has 0 aromatic carbocycles. The number of hydrogen-bond donors (Lipinski definition) is 2. The van der Waals surface area contributed by atoms with E-state index in [2.05, 4.69) is 15.2 Å². The first-order valence-corrected chi connectivity index (χ1v) is 6.10. The van der Waals surface area contributed by atoms with Gasteiger partial charge in [0.15, 0.2) is 5.82 Å². The number of nitrogens with zero attached hydrogens (tertiary/aromatic N) is 3. The van der Waals surface area contributed by atoms with Crippen molar-refractivity contribution in [2.75, 3.05) is 7.05 Å². The molecule has 0 aliphatic heterocycles. The number of aliphatic carboxylic acids is 1. The van der Waals surface area contributed by atoms with E-state index < -0.39 is 23.2 Å².